The summed E-state index contributed by atoms with van der Waals surface area (Å²) in [5, 5.41) is 79.7. The second-order valence-electron chi connectivity index (χ2n) is 7.47. The number of fused-ring (bicyclic) bond motifs is 1. The highest BCUT2D eigenvalue weighted by molar-refractivity contribution is 5.88. The fraction of sp³-hybridized carbons (Fsp3) is 0.286. The lowest BCUT2D eigenvalue weighted by Crippen LogP contribution is -2.55. The molecule has 32 heavy (non-hydrogen) atoms. The molecule has 11 heteroatoms. The Morgan fingerprint density at radius 2 is 1.59 bits per heavy atom. The minimum Gasteiger partial charge on any atom is -0.508 e. The van der Waals surface area contributed by atoms with Crippen LogP contribution in [0.2, 0.25) is 0 Å². The molecule has 0 spiro atoms. The second-order valence-corrected chi connectivity index (χ2v) is 7.47. The summed E-state index contributed by atoms with van der Waals surface area (Å²) in [7, 11) is 0. The van der Waals surface area contributed by atoms with Crippen molar-refractivity contribution in [1.82, 2.24) is 0 Å². The number of aromatic hydroxyl groups is 4. The zero-order valence-corrected chi connectivity index (χ0v) is 16.3. The maximum absolute atomic E-state index is 12.6. The van der Waals surface area contributed by atoms with Gasteiger partial charge in [-0.25, -0.2) is 0 Å². The van der Waals surface area contributed by atoms with Gasteiger partial charge in [0, 0.05) is 23.3 Å². The average molecular weight is 448 g/mol. The van der Waals surface area contributed by atoms with Crippen LogP contribution in [0.1, 0.15) is 11.7 Å². The minimum absolute atomic E-state index is 0.0501. The Balaban J connectivity index is 1.86. The second kappa shape index (κ2) is 7.97. The predicted molar refractivity (Wildman–Crippen MR) is 107 cm³/mol. The van der Waals surface area contributed by atoms with E-state index in [2.05, 4.69) is 0 Å². The van der Waals surface area contributed by atoms with Gasteiger partial charge in [0.15, 0.2) is 5.76 Å². The Morgan fingerprint density at radius 1 is 0.875 bits per heavy atom. The molecule has 1 aromatic heterocycles. The van der Waals surface area contributed by atoms with Crippen LogP contribution >= 0.6 is 0 Å². The summed E-state index contributed by atoms with van der Waals surface area (Å²) in [5.41, 5.74) is -1.22. The Bertz CT molecular complexity index is 1230. The van der Waals surface area contributed by atoms with Crippen LogP contribution in [-0.4, -0.2) is 71.9 Å². The molecule has 170 valence electrons. The molecule has 1 aliphatic heterocycles. The molecule has 4 rings (SSSR count). The molecular weight excluding hydrogens is 428 g/mol. The molecule has 0 unspecified atom stereocenters. The highest BCUT2D eigenvalue weighted by atomic mass is 16.5. The molecule has 11 nitrogen and oxygen atoms in total. The Kier molecular flexibility index (Phi) is 5.44. The number of rotatable bonds is 3. The molecule has 1 saturated heterocycles. The summed E-state index contributed by atoms with van der Waals surface area (Å²) >= 11 is 0. The van der Waals surface area contributed by atoms with Gasteiger partial charge in [-0.3, -0.25) is 4.79 Å². The van der Waals surface area contributed by atoms with Gasteiger partial charge >= 0.3 is 0 Å². The number of hydrogen-bond donors (Lipinski definition) is 8. The van der Waals surface area contributed by atoms with Crippen molar-refractivity contribution in [2.24, 2.45) is 0 Å². The molecule has 2 aromatic carbocycles. The van der Waals surface area contributed by atoms with Crippen LogP contribution in [-0.2, 0) is 4.74 Å². The number of hydrogen-bond acceptors (Lipinski definition) is 11. The Hall–Kier alpha value is -3.35. The molecule has 1 fully saturated rings. The first-order valence-electron chi connectivity index (χ1n) is 9.49. The average Bonchev–Trinajstić information content (AvgIpc) is 2.75. The van der Waals surface area contributed by atoms with Crippen LogP contribution in [0.15, 0.2) is 39.5 Å². The lowest BCUT2D eigenvalue weighted by molar-refractivity contribution is -0.232. The normalized spacial score (nSPS) is 25.8. The highest BCUT2D eigenvalue weighted by Crippen LogP contribution is 2.41. The van der Waals surface area contributed by atoms with E-state index < -0.39 is 54.1 Å². The van der Waals surface area contributed by atoms with Gasteiger partial charge in [0.25, 0.3) is 0 Å². The van der Waals surface area contributed by atoms with Gasteiger partial charge in [-0.2, -0.15) is 0 Å². The summed E-state index contributed by atoms with van der Waals surface area (Å²) in [4.78, 5) is 12.6. The molecule has 0 saturated carbocycles. The van der Waals surface area contributed by atoms with E-state index in [-0.39, 0.29) is 39.4 Å². The van der Waals surface area contributed by atoms with E-state index in [1.54, 1.807) is 0 Å². The Morgan fingerprint density at radius 3 is 2.28 bits per heavy atom. The zero-order chi connectivity index (χ0) is 23.3. The number of benzene rings is 2. The molecular formula is C21H20O11. The first-order chi connectivity index (χ1) is 15.1. The van der Waals surface area contributed by atoms with Crippen molar-refractivity contribution in [1.29, 1.82) is 0 Å². The standard InChI is InChI=1S/C21H20O11/c22-6-13-15(26)17(28)19(30)21(32-13)9-3-7(1-2-10(9)24)20-18(29)16(27)14-11(25)4-8(23)5-12(14)31-20/h1-5,13,15,17,19,21-26,28-30H,6H2/t13-,15-,17+,19-,21+/m1/s1. The summed E-state index contributed by atoms with van der Waals surface area (Å²) in [6.07, 6.45) is -7.57. The van der Waals surface area contributed by atoms with Gasteiger partial charge < -0.3 is 50.0 Å². The number of aliphatic hydroxyl groups is 4. The predicted octanol–water partition coefficient (Wildman–Crippen LogP) is -0.203. The van der Waals surface area contributed by atoms with Crippen LogP contribution in [0.3, 0.4) is 0 Å². The fourth-order valence-corrected chi connectivity index (χ4v) is 3.75. The summed E-state index contributed by atoms with van der Waals surface area (Å²) in [6, 6.07) is 5.65. The fourth-order valence-electron chi connectivity index (χ4n) is 3.75. The van der Waals surface area contributed by atoms with E-state index in [4.69, 9.17) is 9.15 Å². The molecule has 2 heterocycles. The first kappa shape index (κ1) is 21.9. The molecule has 1 aliphatic rings. The van der Waals surface area contributed by atoms with Gasteiger partial charge in [0.2, 0.25) is 11.2 Å². The maximum Gasteiger partial charge on any atom is 0.238 e. The van der Waals surface area contributed by atoms with Crippen LogP contribution < -0.4 is 5.43 Å². The third kappa shape index (κ3) is 3.42. The molecule has 3 aromatic rings. The van der Waals surface area contributed by atoms with Gasteiger partial charge in [-0.15, -0.1) is 0 Å². The van der Waals surface area contributed by atoms with E-state index in [0.29, 0.717) is 0 Å². The van der Waals surface area contributed by atoms with Crippen molar-refractivity contribution in [2.75, 3.05) is 6.61 Å². The topological polar surface area (TPSA) is 201 Å². The van der Waals surface area contributed by atoms with E-state index in [1.807, 2.05) is 0 Å². The maximum atomic E-state index is 12.6. The largest absolute Gasteiger partial charge is 0.508 e. The van der Waals surface area contributed by atoms with Crippen molar-refractivity contribution in [3.8, 4) is 34.3 Å². The van der Waals surface area contributed by atoms with E-state index in [1.165, 1.54) is 12.1 Å². The van der Waals surface area contributed by atoms with Crippen LogP contribution in [0.25, 0.3) is 22.3 Å². The van der Waals surface area contributed by atoms with Crippen molar-refractivity contribution in [3.63, 3.8) is 0 Å². The number of ether oxygens (including phenoxy) is 1. The number of phenols is 3. The molecule has 0 bridgehead atoms. The quantitative estimate of drug-likeness (QED) is 0.264. The smallest absolute Gasteiger partial charge is 0.238 e. The Labute approximate surface area is 179 Å². The molecule has 0 amide bonds. The van der Waals surface area contributed by atoms with E-state index >= 15 is 0 Å². The monoisotopic (exact) mass is 448 g/mol. The lowest BCUT2D eigenvalue weighted by Gasteiger charge is -2.40. The van der Waals surface area contributed by atoms with Crippen molar-refractivity contribution >= 4 is 11.0 Å². The molecule has 5 atom stereocenters. The minimum atomic E-state index is -1.69. The third-order valence-corrected chi connectivity index (χ3v) is 5.42. The van der Waals surface area contributed by atoms with Gasteiger partial charge in [0.05, 0.1) is 6.61 Å². The van der Waals surface area contributed by atoms with Crippen molar-refractivity contribution < 1.29 is 50.0 Å². The van der Waals surface area contributed by atoms with Crippen molar-refractivity contribution in [2.45, 2.75) is 30.5 Å². The van der Waals surface area contributed by atoms with Crippen LogP contribution in [0, 0.1) is 0 Å². The van der Waals surface area contributed by atoms with Gasteiger partial charge in [-0.05, 0) is 18.2 Å². The summed E-state index contributed by atoms with van der Waals surface area (Å²) < 4.78 is 11.0. The number of phenolic OH excluding ortho intramolecular Hbond substituents is 3. The van der Waals surface area contributed by atoms with E-state index in [9.17, 15) is 45.6 Å². The molecule has 0 radical (unpaired) electrons. The van der Waals surface area contributed by atoms with Gasteiger partial charge in [0.1, 0.15) is 58.7 Å². The van der Waals surface area contributed by atoms with Crippen molar-refractivity contribution in [3.05, 3.63) is 46.1 Å². The zero-order valence-electron chi connectivity index (χ0n) is 16.3. The third-order valence-electron chi connectivity index (χ3n) is 5.42. The SMILES string of the molecule is O=c1c(O)c(-c2ccc(O)c([C@@H]3O[C@H](CO)[C@@H](O)[C@H](O)[C@H]3O)c2)oc2cc(O)cc(O)c12. The molecule has 8 N–H and O–H groups in total. The summed E-state index contributed by atoms with van der Waals surface area (Å²) in [6.45, 7) is -0.671. The first-order valence-corrected chi connectivity index (χ1v) is 9.49. The molecule has 0 aliphatic carbocycles. The summed E-state index contributed by atoms with van der Waals surface area (Å²) in [5.74, 6) is -2.58. The van der Waals surface area contributed by atoms with Crippen LogP contribution in [0.4, 0.5) is 0 Å². The van der Waals surface area contributed by atoms with E-state index in [0.717, 1.165) is 18.2 Å². The number of aliphatic hydroxyl groups excluding tert-OH is 4. The highest BCUT2D eigenvalue weighted by Gasteiger charge is 2.44. The lowest BCUT2D eigenvalue weighted by atomic mass is 9.90. The van der Waals surface area contributed by atoms with Gasteiger partial charge in [-0.1, -0.05) is 0 Å². The van der Waals surface area contributed by atoms with Crippen LogP contribution in [0.5, 0.6) is 23.0 Å².